The predicted molar refractivity (Wildman–Crippen MR) is 83.6 cm³/mol. The van der Waals surface area contributed by atoms with Crippen molar-refractivity contribution in [2.24, 2.45) is 23.2 Å². The van der Waals surface area contributed by atoms with Crippen LogP contribution in [0.5, 0.6) is 0 Å². The molecule has 0 amide bonds. The lowest BCUT2D eigenvalue weighted by atomic mass is 9.49. The fourth-order valence-electron chi connectivity index (χ4n) is 6.24. The maximum atomic E-state index is 9.45. The minimum atomic E-state index is 0.322. The summed E-state index contributed by atoms with van der Waals surface area (Å²) in [5.74, 6) is 3.12. The molecule has 4 saturated carbocycles. The topological polar surface area (TPSA) is 23.5 Å². The van der Waals surface area contributed by atoms with E-state index in [2.05, 4.69) is 18.7 Å². The lowest BCUT2D eigenvalue weighted by molar-refractivity contribution is -0.0764. The molecule has 0 atom stereocenters. The molecule has 0 aromatic heterocycles. The molecule has 4 rings (SSSR count). The third-order valence-electron chi connectivity index (χ3n) is 6.55. The Labute approximate surface area is 124 Å². The fraction of sp³-hybridized carbons (Fsp3) is 1.00. The van der Waals surface area contributed by atoms with Crippen LogP contribution in [0.3, 0.4) is 0 Å². The molecule has 0 aromatic carbocycles. The minimum absolute atomic E-state index is 0.322. The molecule has 0 aromatic rings. The molecule has 4 bridgehead atoms. The van der Waals surface area contributed by atoms with Crippen LogP contribution in [0.2, 0.25) is 0 Å². The molecule has 0 saturated heterocycles. The van der Waals surface area contributed by atoms with Crippen molar-refractivity contribution in [2.45, 2.75) is 71.3 Å². The van der Waals surface area contributed by atoms with Crippen molar-refractivity contribution in [3.8, 4) is 0 Å². The van der Waals surface area contributed by atoms with E-state index in [-0.39, 0.29) is 0 Å². The van der Waals surface area contributed by atoms with Crippen molar-refractivity contribution in [2.75, 3.05) is 19.7 Å². The Morgan fingerprint density at radius 1 is 1.00 bits per heavy atom. The predicted octanol–water partition coefficient (Wildman–Crippen LogP) is 3.69. The van der Waals surface area contributed by atoms with Gasteiger partial charge in [-0.15, -0.1) is 0 Å². The highest BCUT2D eigenvalue weighted by Gasteiger charge is 2.51. The summed E-state index contributed by atoms with van der Waals surface area (Å²) >= 11 is 0. The summed E-state index contributed by atoms with van der Waals surface area (Å²) in [4.78, 5) is 2.63. The first-order valence-corrected chi connectivity index (χ1v) is 9.03. The Morgan fingerprint density at radius 3 is 1.90 bits per heavy atom. The highest BCUT2D eigenvalue weighted by atomic mass is 16.3. The zero-order chi connectivity index (χ0) is 14.2. The first kappa shape index (κ1) is 14.8. The number of hydrogen-bond acceptors (Lipinski definition) is 2. The first-order chi connectivity index (χ1) is 9.68. The van der Waals surface area contributed by atoms with Crippen LogP contribution in [0.4, 0.5) is 0 Å². The smallest absolute Gasteiger partial charge is 0.0558 e. The van der Waals surface area contributed by atoms with E-state index in [9.17, 15) is 5.11 Å². The summed E-state index contributed by atoms with van der Waals surface area (Å²) in [6, 6.07) is 0.676. The minimum Gasteiger partial charge on any atom is -0.395 e. The van der Waals surface area contributed by atoms with E-state index in [0.717, 1.165) is 24.3 Å². The second-order valence-electron chi connectivity index (χ2n) is 8.08. The Bertz CT molecular complexity index is 288. The molecule has 116 valence electrons. The summed E-state index contributed by atoms with van der Waals surface area (Å²) in [6.45, 7) is 7.08. The third-order valence-corrected chi connectivity index (χ3v) is 6.55. The van der Waals surface area contributed by atoms with Gasteiger partial charge in [-0.25, -0.2) is 0 Å². The SMILES string of the molecule is CCC(CC)N(CCO)CC12CC3CC(CC(C3)C1)C2. The van der Waals surface area contributed by atoms with Gasteiger partial charge in [-0.3, -0.25) is 4.90 Å². The summed E-state index contributed by atoms with van der Waals surface area (Å²) in [7, 11) is 0. The fourth-order valence-corrected chi connectivity index (χ4v) is 6.24. The maximum absolute atomic E-state index is 9.45. The van der Waals surface area contributed by atoms with Gasteiger partial charge in [0, 0.05) is 19.1 Å². The third kappa shape index (κ3) is 2.78. The molecule has 2 heteroatoms. The zero-order valence-corrected chi connectivity index (χ0v) is 13.5. The highest BCUT2D eigenvalue weighted by Crippen LogP contribution is 2.60. The summed E-state index contributed by atoms with van der Waals surface area (Å²) in [5, 5.41) is 9.45. The van der Waals surface area contributed by atoms with Crippen molar-refractivity contribution >= 4 is 0 Å². The van der Waals surface area contributed by atoms with E-state index >= 15 is 0 Å². The molecule has 2 nitrogen and oxygen atoms in total. The zero-order valence-electron chi connectivity index (χ0n) is 13.5. The molecule has 0 radical (unpaired) electrons. The number of nitrogens with zero attached hydrogens (tertiary/aromatic N) is 1. The second-order valence-corrected chi connectivity index (χ2v) is 8.08. The quantitative estimate of drug-likeness (QED) is 0.768. The lowest BCUT2D eigenvalue weighted by Gasteiger charge is -2.58. The van der Waals surface area contributed by atoms with Crippen LogP contribution in [0.25, 0.3) is 0 Å². The maximum Gasteiger partial charge on any atom is 0.0558 e. The van der Waals surface area contributed by atoms with Crippen molar-refractivity contribution in [3.63, 3.8) is 0 Å². The summed E-state index contributed by atoms with van der Waals surface area (Å²) in [5.41, 5.74) is 0.618. The molecule has 0 spiro atoms. The average molecular weight is 279 g/mol. The van der Waals surface area contributed by atoms with Gasteiger partial charge in [0.2, 0.25) is 0 Å². The van der Waals surface area contributed by atoms with E-state index < -0.39 is 0 Å². The van der Waals surface area contributed by atoms with Crippen molar-refractivity contribution < 1.29 is 5.11 Å². The molecule has 4 fully saturated rings. The number of hydrogen-bond donors (Lipinski definition) is 1. The van der Waals surface area contributed by atoms with E-state index in [0.29, 0.717) is 18.1 Å². The number of aliphatic hydroxyl groups is 1. The molecule has 0 heterocycles. The Kier molecular flexibility index (Phi) is 4.42. The molecule has 4 aliphatic rings. The lowest BCUT2D eigenvalue weighted by Crippen LogP contribution is -2.53. The largest absolute Gasteiger partial charge is 0.395 e. The van der Waals surface area contributed by atoms with Gasteiger partial charge in [0.1, 0.15) is 0 Å². The monoisotopic (exact) mass is 279 g/mol. The Hall–Kier alpha value is -0.0800. The van der Waals surface area contributed by atoms with Crippen molar-refractivity contribution in [1.82, 2.24) is 4.90 Å². The van der Waals surface area contributed by atoms with Crippen LogP contribution in [0.15, 0.2) is 0 Å². The van der Waals surface area contributed by atoms with Crippen LogP contribution in [-0.4, -0.2) is 35.7 Å². The molecular weight excluding hydrogens is 246 g/mol. The molecular formula is C18H33NO. The molecule has 4 aliphatic carbocycles. The highest BCUT2D eigenvalue weighted by molar-refractivity contribution is 5.02. The van der Waals surface area contributed by atoms with Gasteiger partial charge >= 0.3 is 0 Å². The summed E-state index contributed by atoms with van der Waals surface area (Å²) in [6.07, 6.45) is 11.5. The van der Waals surface area contributed by atoms with Gasteiger partial charge in [-0.2, -0.15) is 0 Å². The molecule has 1 N–H and O–H groups in total. The van der Waals surface area contributed by atoms with Crippen molar-refractivity contribution in [1.29, 1.82) is 0 Å². The average Bonchev–Trinajstić information content (AvgIpc) is 2.38. The van der Waals surface area contributed by atoms with Gasteiger partial charge in [0.25, 0.3) is 0 Å². The molecule has 0 unspecified atom stereocenters. The first-order valence-electron chi connectivity index (χ1n) is 9.03. The summed E-state index contributed by atoms with van der Waals surface area (Å²) < 4.78 is 0. The Balaban J connectivity index is 1.71. The van der Waals surface area contributed by atoms with Crippen LogP contribution in [0, 0.1) is 23.2 Å². The van der Waals surface area contributed by atoms with Gasteiger partial charge in [0.05, 0.1) is 6.61 Å². The van der Waals surface area contributed by atoms with Gasteiger partial charge in [-0.05, 0) is 74.5 Å². The van der Waals surface area contributed by atoms with Crippen LogP contribution in [0.1, 0.15) is 65.2 Å². The van der Waals surface area contributed by atoms with Gasteiger partial charge in [-0.1, -0.05) is 13.8 Å². The van der Waals surface area contributed by atoms with Gasteiger partial charge in [0.15, 0.2) is 0 Å². The molecule has 0 aliphatic heterocycles. The normalized spacial score (nSPS) is 39.1. The van der Waals surface area contributed by atoms with Crippen molar-refractivity contribution in [3.05, 3.63) is 0 Å². The molecule has 20 heavy (non-hydrogen) atoms. The van der Waals surface area contributed by atoms with Gasteiger partial charge < -0.3 is 5.11 Å². The van der Waals surface area contributed by atoms with E-state index in [1.807, 2.05) is 0 Å². The Morgan fingerprint density at radius 2 is 1.50 bits per heavy atom. The van der Waals surface area contributed by atoms with E-state index in [1.54, 1.807) is 0 Å². The number of aliphatic hydroxyl groups excluding tert-OH is 1. The van der Waals surface area contributed by atoms with E-state index in [1.165, 1.54) is 57.9 Å². The van der Waals surface area contributed by atoms with Crippen LogP contribution in [-0.2, 0) is 0 Å². The van der Waals surface area contributed by atoms with Crippen LogP contribution >= 0.6 is 0 Å². The standard InChI is InChI=1S/C18H33NO/c1-3-17(4-2)19(5-6-20)13-18-10-14-7-15(11-18)9-16(8-14)12-18/h14-17,20H,3-13H2,1-2H3. The van der Waals surface area contributed by atoms with E-state index in [4.69, 9.17) is 0 Å². The number of rotatable bonds is 7. The second kappa shape index (κ2) is 5.96. The van der Waals surface area contributed by atoms with Crippen LogP contribution < -0.4 is 0 Å².